The van der Waals surface area contributed by atoms with Gasteiger partial charge in [0.25, 0.3) is 0 Å². The second-order valence-corrected chi connectivity index (χ2v) is 11.3. The van der Waals surface area contributed by atoms with Gasteiger partial charge in [-0.25, -0.2) is 0 Å². The van der Waals surface area contributed by atoms with E-state index in [0.717, 1.165) is 45.5 Å². The van der Waals surface area contributed by atoms with Gasteiger partial charge in [0.05, 0.1) is 11.4 Å². The summed E-state index contributed by atoms with van der Waals surface area (Å²) in [5.74, 6) is 0. The number of anilines is 8. The molecule has 0 fully saturated rings. The van der Waals surface area contributed by atoms with Crippen LogP contribution in [0.3, 0.4) is 0 Å². The van der Waals surface area contributed by atoms with Gasteiger partial charge in [0.2, 0.25) is 0 Å². The third kappa shape index (κ3) is 6.47. The smallest absolute Gasteiger partial charge is 0.0503 e. The highest BCUT2D eigenvalue weighted by Crippen LogP contribution is 2.43. The molecular weight excluding hydrogens is 522 g/mol. The number of hydrogen-bond donors (Lipinski definition) is 1. The van der Waals surface area contributed by atoms with Crippen molar-refractivity contribution in [3.8, 4) is 0 Å². The van der Waals surface area contributed by atoms with E-state index in [1.165, 1.54) is 22.3 Å². The summed E-state index contributed by atoms with van der Waals surface area (Å²) >= 11 is 0. The average molecular weight is 560 g/mol. The van der Waals surface area contributed by atoms with Gasteiger partial charge in [0, 0.05) is 34.1 Å². The minimum atomic E-state index is 1.01. The van der Waals surface area contributed by atoms with Gasteiger partial charge in [-0.05, 0) is 129 Å². The fourth-order valence-electron chi connectivity index (χ4n) is 5.58. The molecule has 0 saturated heterocycles. The second-order valence-electron chi connectivity index (χ2n) is 11.3. The van der Waals surface area contributed by atoms with E-state index in [-0.39, 0.29) is 0 Å². The maximum atomic E-state index is 3.69. The molecule has 0 amide bonds. The molecule has 6 aromatic rings. The number of rotatable bonds is 8. The lowest BCUT2D eigenvalue weighted by Gasteiger charge is -2.31. The van der Waals surface area contributed by atoms with Crippen molar-refractivity contribution in [1.82, 2.24) is 0 Å². The molecule has 0 aromatic heterocycles. The lowest BCUT2D eigenvalue weighted by molar-refractivity contribution is 1.23. The van der Waals surface area contributed by atoms with E-state index in [2.05, 4.69) is 182 Å². The molecule has 0 aliphatic rings. The molecule has 0 spiro atoms. The molecule has 6 rings (SSSR count). The topological polar surface area (TPSA) is 18.5 Å². The van der Waals surface area contributed by atoms with Gasteiger partial charge in [-0.2, -0.15) is 0 Å². The van der Waals surface area contributed by atoms with Crippen molar-refractivity contribution in [1.29, 1.82) is 0 Å². The normalized spacial score (nSPS) is 10.8. The lowest BCUT2D eigenvalue weighted by atomic mass is 10.1. The molecule has 3 nitrogen and oxygen atoms in total. The summed E-state index contributed by atoms with van der Waals surface area (Å²) < 4.78 is 0. The Hall–Kier alpha value is -5.28. The van der Waals surface area contributed by atoms with Gasteiger partial charge >= 0.3 is 0 Å². The number of hydrogen-bond acceptors (Lipinski definition) is 3. The van der Waals surface area contributed by atoms with E-state index < -0.39 is 0 Å². The van der Waals surface area contributed by atoms with E-state index in [9.17, 15) is 0 Å². The molecular formula is C40H37N3. The maximum absolute atomic E-state index is 3.69. The summed E-state index contributed by atoms with van der Waals surface area (Å²) in [7, 11) is 0. The molecule has 0 aliphatic carbocycles. The maximum Gasteiger partial charge on any atom is 0.0503 e. The van der Waals surface area contributed by atoms with Crippen LogP contribution in [-0.2, 0) is 0 Å². The van der Waals surface area contributed by atoms with Gasteiger partial charge in [-0.3, -0.25) is 0 Å². The summed E-state index contributed by atoms with van der Waals surface area (Å²) in [6.45, 7) is 8.59. The largest absolute Gasteiger partial charge is 0.355 e. The van der Waals surface area contributed by atoms with Crippen molar-refractivity contribution in [3.63, 3.8) is 0 Å². The predicted octanol–water partition coefficient (Wildman–Crippen LogP) is 11.6. The Morgan fingerprint density at radius 2 is 0.698 bits per heavy atom. The number of nitrogens with one attached hydrogen (secondary N) is 1. The number of benzene rings is 6. The summed E-state index contributed by atoms with van der Waals surface area (Å²) in [5.41, 5.74) is 13.5. The van der Waals surface area contributed by atoms with E-state index in [0.29, 0.717) is 0 Å². The van der Waals surface area contributed by atoms with Crippen molar-refractivity contribution in [2.45, 2.75) is 27.7 Å². The third-order valence-electron chi connectivity index (χ3n) is 7.52. The van der Waals surface area contributed by atoms with Crippen LogP contribution in [0.15, 0.2) is 146 Å². The Balaban J connectivity index is 1.61. The van der Waals surface area contributed by atoms with Crippen LogP contribution >= 0.6 is 0 Å². The van der Waals surface area contributed by atoms with Crippen LogP contribution in [0.2, 0.25) is 0 Å². The highest BCUT2D eigenvalue weighted by molar-refractivity contribution is 5.87. The molecule has 0 bridgehead atoms. The molecule has 0 atom stereocenters. The quantitative estimate of drug-likeness (QED) is 0.200. The summed E-state index contributed by atoms with van der Waals surface area (Å²) in [4.78, 5) is 4.70. The highest BCUT2D eigenvalue weighted by atomic mass is 15.2. The van der Waals surface area contributed by atoms with Crippen molar-refractivity contribution < 1.29 is 0 Å². The molecule has 0 unspecified atom stereocenters. The lowest BCUT2D eigenvalue weighted by Crippen LogP contribution is -2.14. The highest BCUT2D eigenvalue weighted by Gasteiger charge is 2.19. The van der Waals surface area contributed by atoms with Crippen LogP contribution in [0.4, 0.5) is 45.5 Å². The molecule has 1 N–H and O–H groups in total. The molecule has 0 aliphatic heterocycles. The van der Waals surface area contributed by atoms with E-state index in [4.69, 9.17) is 0 Å². The number of aryl methyl sites for hydroxylation is 4. The zero-order valence-electron chi connectivity index (χ0n) is 25.3. The van der Waals surface area contributed by atoms with Crippen molar-refractivity contribution in [2.75, 3.05) is 15.1 Å². The Morgan fingerprint density at radius 3 is 1.05 bits per heavy atom. The third-order valence-corrected chi connectivity index (χ3v) is 7.52. The molecule has 212 valence electrons. The van der Waals surface area contributed by atoms with Gasteiger partial charge in [-0.1, -0.05) is 66.7 Å². The Bertz CT molecular complexity index is 1650. The zero-order valence-corrected chi connectivity index (χ0v) is 25.3. The van der Waals surface area contributed by atoms with Gasteiger partial charge < -0.3 is 15.1 Å². The molecule has 0 heterocycles. The second kappa shape index (κ2) is 12.3. The summed E-state index contributed by atoms with van der Waals surface area (Å²) in [5, 5.41) is 3.69. The van der Waals surface area contributed by atoms with Gasteiger partial charge in [0.1, 0.15) is 0 Å². The predicted molar refractivity (Wildman–Crippen MR) is 184 cm³/mol. The molecule has 0 saturated carbocycles. The minimum absolute atomic E-state index is 1.01. The first-order valence-electron chi connectivity index (χ1n) is 14.8. The molecule has 3 heteroatoms. The standard InChI is InChI=1S/C40H37N3/c1-29-12-8-18-35(22-29)42(36-19-9-13-30(2)23-36)39-26-34(41-33-16-6-5-7-17-33)27-40(28-39)43(37-20-10-14-31(3)24-37)38-21-11-15-32(4)25-38/h5-28,41H,1-4H3. The zero-order chi connectivity index (χ0) is 29.8. The van der Waals surface area contributed by atoms with Crippen LogP contribution in [0.25, 0.3) is 0 Å². The van der Waals surface area contributed by atoms with Crippen LogP contribution in [0, 0.1) is 27.7 Å². The van der Waals surface area contributed by atoms with Crippen LogP contribution in [0.1, 0.15) is 22.3 Å². The van der Waals surface area contributed by atoms with Gasteiger partial charge in [0.15, 0.2) is 0 Å². The monoisotopic (exact) mass is 559 g/mol. The first-order chi connectivity index (χ1) is 20.9. The SMILES string of the molecule is Cc1cccc(N(c2cccc(C)c2)c2cc(Nc3ccccc3)cc(N(c3cccc(C)c3)c3cccc(C)c3)c2)c1. The Morgan fingerprint density at radius 1 is 0.326 bits per heavy atom. The Labute approximate surface area is 255 Å². The number of para-hydroxylation sites is 1. The fourth-order valence-corrected chi connectivity index (χ4v) is 5.58. The van der Waals surface area contributed by atoms with Crippen LogP contribution in [-0.4, -0.2) is 0 Å². The first-order valence-corrected chi connectivity index (χ1v) is 14.8. The van der Waals surface area contributed by atoms with Crippen LogP contribution in [0.5, 0.6) is 0 Å². The molecule has 43 heavy (non-hydrogen) atoms. The van der Waals surface area contributed by atoms with Crippen LogP contribution < -0.4 is 15.1 Å². The van der Waals surface area contributed by atoms with E-state index in [1.807, 2.05) is 6.07 Å². The average Bonchev–Trinajstić information content (AvgIpc) is 2.98. The van der Waals surface area contributed by atoms with E-state index in [1.54, 1.807) is 0 Å². The van der Waals surface area contributed by atoms with Crippen molar-refractivity contribution in [2.24, 2.45) is 0 Å². The number of nitrogens with zero attached hydrogens (tertiary/aromatic N) is 2. The van der Waals surface area contributed by atoms with Crippen molar-refractivity contribution >= 4 is 45.5 Å². The van der Waals surface area contributed by atoms with Gasteiger partial charge in [-0.15, -0.1) is 0 Å². The summed E-state index contributed by atoms with van der Waals surface area (Å²) in [6.07, 6.45) is 0. The van der Waals surface area contributed by atoms with Crippen molar-refractivity contribution in [3.05, 3.63) is 168 Å². The van der Waals surface area contributed by atoms with E-state index >= 15 is 0 Å². The minimum Gasteiger partial charge on any atom is -0.355 e. The Kier molecular flexibility index (Phi) is 7.97. The first kappa shape index (κ1) is 27.9. The molecule has 0 radical (unpaired) electrons. The molecule has 6 aromatic carbocycles. The summed E-state index contributed by atoms with van der Waals surface area (Å²) in [6, 6.07) is 52.0. The fraction of sp³-hybridized carbons (Fsp3) is 0.100.